The zero-order valence-corrected chi connectivity index (χ0v) is 16.8. The topological polar surface area (TPSA) is 86.7 Å². The van der Waals surface area contributed by atoms with Gasteiger partial charge >= 0.3 is 5.97 Å². The molecule has 1 atom stereocenters. The van der Waals surface area contributed by atoms with Crippen molar-refractivity contribution < 1.29 is 19.5 Å². The summed E-state index contributed by atoms with van der Waals surface area (Å²) in [5, 5.41) is 11.2. The summed E-state index contributed by atoms with van der Waals surface area (Å²) in [4.78, 5) is 34.8. The Kier molecular flexibility index (Phi) is 16.6. The number of carbonyl (C=O) groups is 3. The molecule has 1 unspecified atom stereocenters. The van der Waals surface area contributed by atoms with Gasteiger partial charge in [0.05, 0.1) is 0 Å². The molecule has 24 heavy (non-hydrogen) atoms. The van der Waals surface area contributed by atoms with E-state index in [1.54, 1.807) is 7.05 Å². The third-order valence-corrected chi connectivity index (χ3v) is 2.73. The van der Waals surface area contributed by atoms with Gasteiger partial charge in [-0.3, -0.25) is 9.59 Å². The van der Waals surface area contributed by atoms with Crippen molar-refractivity contribution in [3.05, 3.63) is 11.6 Å². The zero-order valence-electron chi connectivity index (χ0n) is 16.8. The molecule has 0 aromatic heterocycles. The lowest BCUT2D eigenvalue weighted by molar-refractivity contribution is -0.136. The molecular formula is C18H36N2O4. The van der Waals surface area contributed by atoms with Gasteiger partial charge in [0.1, 0.15) is 6.04 Å². The molecule has 2 amide bonds. The summed E-state index contributed by atoms with van der Waals surface area (Å²) in [6.45, 7) is 15.4. The maximum absolute atomic E-state index is 12.2. The molecule has 0 saturated heterocycles. The number of aliphatic carboxylic acids is 1. The van der Waals surface area contributed by atoms with E-state index in [1.165, 1.54) is 24.3 Å². The number of rotatable bonds is 6. The second-order valence-electron chi connectivity index (χ2n) is 6.20. The number of amides is 2. The van der Waals surface area contributed by atoms with E-state index >= 15 is 0 Å². The molecule has 0 aliphatic carbocycles. The number of carboxylic acid groups (broad SMARTS) is 1. The van der Waals surface area contributed by atoms with E-state index in [0.717, 1.165) is 0 Å². The number of carboxylic acids is 1. The van der Waals surface area contributed by atoms with Crippen molar-refractivity contribution in [2.45, 2.75) is 67.9 Å². The first-order valence-corrected chi connectivity index (χ1v) is 8.37. The van der Waals surface area contributed by atoms with E-state index in [4.69, 9.17) is 5.11 Å². The average molecular weight is 344 g/mol. The average Bonchev–Trinajstić information content (AvgIpc) is 2.50. The van der Waals surface area contributed by atoms with Gasteiger partial charge in [-0.05, 0) is 12.3 Å². The van der Waals surface area contributed by atoms with Gasteiger partial charge in [0.25, 0.3) is 0 Å². The summed E-state index contributed by atoms with van der Waals surface area (Å²) in [5.74, 6) is -1.27. The molecular weight excluding hydrogens is 308 g/mol. The Morgan fingerprint density at radius 2 is 1.62 bits per heavy atom. The van der Waals surface area contributed by atoms with Gasteiger partial charge < -0.3 is 15.3 Å². The maximum Gasteiger partial charge on any atom is 0.331 e. The van der Waals surface area contributed by atoms with Crippen molar-refractivity contribution in [2.75, 3.05) is 13.6 Å². The number of nitrogens with one attached hydrogen (secondary N) is 1. The lowest BCUT2D eigenvalue weighted by Gasteiger charge is -2.32. The number of hydrogen-bond donors (Lipinski definition) is 2. The van der Waals surface area contributed by atoms with Gasteiger partial charge in [-0.25, -0.2) is 4.79 Å². The van der Waals surface area contributed by atoms with Crippen LogP contribution in [-0.4, -0.2) is 47.9 Å². The minimum Gasteiger partial charge on any atom is -0.478 e. The molecule has 0 spiro atoms. The molecule has 142 valence electrons. The summed E-state index contributed by atoms with van der Waals surface area (Å²) < 4.78 is 0. The van der Waals surface area contributed by atoms with E-state index in [1.807, 2.05) is 34.6 Å². The highest BCUT2D eigenvalue weighted by molar-refractivity contribution is 5.86. The lowest BCUT2D eigenvalue weighted by Crippen LogP contribution is -2.51. The Balaban J connectivity index is -0.000000786. The molecule has 0 heterocycles. The molecule has 0 bridgehead atoms. The molecule has 0 fully saturated rings. The van der Waals surface area contributed by atoms with Gasteiger partial charge in [0.15, 0.2) is 0 Å². The third-order valence-electron chi connectivity index (χ3n) is 2.73. The summed E-state index contributed by atoms with van der Waals surface area (Å²) >= 11 is 0. The van der Waals surface area contributed by atoms with Crippen molar-refractivity contribution in [1.82, 2.24) is 10.2 Å². The molecule has 6 heteroatoms. The largest absolute Gasteiger partial charge is 0.478 e. The second-order valence-corrected chi connectivity index (χ2v) is 6.20. The Labute approximate surface area is 147 Å². The third kappa shape index (κ3) is 12.7. The van der Waals surface area contributed by atoms with Crippen molar-refractivity contribution >= 4 is 18.3 Å². The van der Waals surface area contributed by atoms with E-state index < -0.39 is 17.4 Å². The van der Waals surface area contributed by atoms with Crippen LogP contribution in [0.1, 0.15) is 61.8 Å². The Hall–Kier alpha value is -1.85. The molecule has 6 nitrogen and oxygen atoms in total. The Morgan fingerprint density at radius 1 is 1.21 bits per heavy atom. The molecule has 0 aliphatic heterocycles. The molecule has 0 rings (SSSR count). The Morgan fingerprint density at radius 3 is 1.92 bits per heavy atom. The van der Waals surface area contributed by atoms with Crippen molar-refractivity contribution in [2.24, 2.45) is 5.41 Å². The SMILES string of the molecule is C/C(=C\CN(C)C(=O)C(NC=O)C(C)(C)C)C(=O)O.CC.CCC. The first kappa shape index (κ1) is 27.0. The second kappa shape index (κ2) is 14.7. The smallest absolute Gasteiger partial charge is 0.331 e. The highest BCUT2D eigenvalue weighted by Crippen LogP contribution is 2.20. The van der Waals surface area contributed by atoms with Crippen LogP contribution in [0.4, 0.5) is 0 Å². The van der Waals surface area contributed by atoms with Gasteiger partial charge in [-0.1, -0.05) is 61.0 Å². The van der Waals surface area contributed by atoms with Gasteiger partial charge in [0, 0.05) is 19.2 Å². The monoisotopic (exact) mass is 344 g/mol. The molecule has 0 aromatic rings. The van der Waals surface area contributed by atoms with Crippen molar-refractivity contribution in [3.8, 4) is 0 Å². The van der Waals surface area contributed by atoms with Crippen LogP contribution < -0.4 is 5.32 Å². The van der Waals surface area contributed by atoms with Crippen LogP contribution in [0.5, 0.6) is 0 Å². The highest BCUT2D eigenvalue weighted by atomic mass is 16.4. The summed E-state index contributed by atoms with van der Waals surface area (Å²) in [6, 6.07) is -0.645. The maximum atomic E-state index is 12.2. The molecule has 0 saturated carbocycles. The lowest BCUT2D eigenvalue weighted by atomic mass is 9.86. The normalized spacial score (nSPS) is 11.8. The van der Waals surface area contributed by atoms with Crippen LogP contribution in [-0.2, 0) is 14.4 Å². The number of carbonyl (C=O) groups excluding carboxylic acids is 2. The van der Waals surface area contributed by atoms with E-state index in [-0.39, 0.29) is 18.0 Å². The number of hydrogen-bond acceptors (Lipinski definition) is 3. The van der Waals surface area contributed by atoms with E-state index in [9.17, 15) is 14.4 Å². The standard InChI is InChI=1S/C13H22N2O4.C3H8.C2H6/c1-9(12(18)19)6-7-15(5)11(17)10(14-8-16)13(2,3)4;1-3-2;1-2/h6,8,10H,7H2,1-5H3,(H,14,16)(H,18,19);3H2,1-2H3;1-2H3/b9-6+;;. The minimum absolute atomic E-state index is 0.176. The van der Waals surface area contributed by atoms with Gasteiger partial charge in [-0.15, -0.1) is 0 Å². The summed E-state index contributed by atoms with van der Waals surface area (Å²) in [7, 11) is 1.57. The Bertz CT molecular complexity index is 398. The molecule has 2 N–H and O–H groups in total. The predicted octanol–water partition coefficient (Wildman–Crippen LogP) is 3.08. The van der Waals surface area contributed by atoms with Crippen LogP contribution in [0, 0.1) is 5.41 Å². The fourth-order valence-corrected chi connectivity index (χ4v) is 1.43. The summed E-state index contributed by atoms with van der Waals surface area (Å²) in [5.41, 5.74) is -0.243. The molecule has 0 aromatic carbocycles. The van der Waals surface area contributed by atoms with Crippen LogP contribution in [0.25, 0.3) is 0 Å². The predicted molar refractivity (Wildman–Crippen MR) is 98.8 cm³/mol. The highest BCUT2D eigenvalue weighted by Gasteiger charge is 2.32. The van der Waals surface area contributed by atoms with E-state index in [2.05, 4.69) is 19.2 Å². The number of likely N-dealkylation sites (N-methyl/N-ethyl adjacent to an activating group) is 1. The van der Waals surface area contributed by atoms with Crippen LogP contribution in [0.2, 0.25) is 0 Å². The molecule has 0 aliphatic rings. The van der Waals surface area contributed by atoms with Crippen LogP contribution >= 0.6 is 0 Å². The van der Waals surface area contributed by atoms with Crippen LogP contribution in [0.3, 0.4) is 0 Å². The van der Waals surface area contributed by atoms with Gasteiger partial charge in [-0.2, -0.15) is 0 Å². The number of nitrogens with zero attached hydrogens (tertiary/aromatic N) is 1. The first-order valence-electron chi connectivity index (χ1n) is 8.37. The quantitative estimate of drug-likeness (QED) is 0.572. The summed E-state index contributed by atoms with van der Waals surface area (Å²) in [6.07, 6.45) is 3.21. The van der Waals surface area contributed by atoms with E-state index in [0.29, 0.717) is 6.41 Å². The van der Waals surface area contributed by atoms with Crippen molar-refractivity contribution in [1.29, 1.82) is 0 Å². The first-order chi connectivity index (χ1) is 11.0. The molecule has 0 radical (unpaired) electrons. The van der Waals surface area contributed by atoms with Gasteiger partial charge in [0.2, 0.25) is 12.3 Å². The fraction of sp³-hybridized carbons (Fsp3) is 0.722. The van der Waals surface area contributed by atoms with Crippen LogP contribution in [0.15, 0.2) is 11.6 Å². The van der Waals surface area contributed by atoms with Crippen molar-refractivity contribution in [3.63, 3.8) is 0 Å². The zero-order chi connectivity index (χ0) is 19.9. The minimum atomic E-state index is -1.01. The fourth-order valence-electron chi connectivity index (χ4n) is 1.43.